The first-order chi connectivity index (χ1) is 14.6. The fraction of sp³-hybridized carbons (Fsp3) is 0.250. The van der Waals surface area contributed by atoms with Crippen LogP contribution >= 0.6 is 0 Å². The number of carbonyl (C=O) groups excluding carboxylic acids is 3. The molecule has 0 atom stereocenters. The lowest BCUT2D eigenvalue weighted by Gasteiger charge is -2.13. The van der Waals surface area contributed by atoms with E-state index in [-0.39, 0.29) is 36.2 Å². The quantitative estimate of drug-likeness (QED) is 0.424. The molecule has 0 spiro atoms. The molecule has 0 aliphatic rings. The normalized spacial score (nSPS) is 10.7. The molecule has 0 heterocycles. The molecule has 0 aliphatic carbocycles. The van der Waals surface area contributed by atoms with Crippen molar-refractivity contribution in [1.29, 1.82) is 0 Å². The highest BCUT2D eigenvalue weighted by Gasteiger charge is 2.15. The highest BCUT2D eigenvalue weighted by atomic mass is 32.2. The number of sulfonamides is 1. The fourth-order valence-corrected chi connectivity index (χ4v) is 3.17. The minimum Gasteiger partial charge on any atom is -0.497 e. The third-order valence-electron chi connectivity index (χ3n) is 3.93. The predicted octanol–water partition coefficient (Wildman–Crippen LogP) is 1.18. The molecule has 0 unspecified atom stereocenters. The van der Waals surface area contributed by atoms with Gasteiger partial charge in [-0.3, -0.25) is 19.1 Å². The van der Waals surface area contributed by atoms with Gasteiger partial charge in [-0.05, 0) is 42.5 Å². The lowest BCUT2D eigenvalue weighted by Crippen LogP contribution is -2.35. The van der Waals surface area contributed by atoms with Crippen molar-refractivity contribution in [2.45, 2.75) is 6.92 Å². The van der Waals surface area contributed by atoms with Crippen LogP contribution in [0.15, 0.2) is 42.5 Å². The van der Waals surface area contributed by atoms with Crippen molar-refractivity contribution in [2.24, 2.45) is 0 Å². The van der Waals surface area contributed by atoms with E-state index in [9.17, 15) is 22.8 Å². The molecule has 3 amide bonds. The summed E-state index contributed by atoms with van der Waals surface area (Å²) in [6.45, 7) is 1.56. The molecule has 2 aromatic rings. The predicted molar refractivity (Wildman–Crippen MR) is 117 cm³/mol. The average molecular weight is 449 g/mol. The number of nitrogens with one attached hydrogen (secondary N) is 4. The van der Waals surface area contributed by atoms with E-state index in [1.807, 2.05) is 0 Å². The van der Waals surface area contributed by atoms with Gasteiger partial charge in [0.2, 0.25) is 15.9 Å². The number of rotatable bonds is 9. The number of amides is 3. The van der Waals surface area contributed by atoms with E-state index >= 15 is 0 Å². The highest BCUT2D eigenvalue weighted by Crippen LogP contribution is 2.21. The van der Waals surface area contributed by atoms with Gasteiger partial charge in [0.05, 0.1) is 24.6 Å². The van der Waals surface area contributed by atoms with Crippen molar-refractivity contribution in [3.05, 3.63) is 53.6 Å². The lowest BCUT2D eigenvalue weighted by atomic mass is 10.1. The largest absolute Gasteiger partial charge is 0.497 e. The molecule has 10 nitrogen and oxygen atoms in total. The lowest BCUT2D eigenvalue weighted by molar-refractivity contribution is -0.114. The standard InChI is InChI=1S/C20H24N4O6S/c1-13(25)23-15-6-9-18(24-31(3,28)29)17(12-15)20(27)22-11-10-21-19(26)14-4-7-16(30-2)8-5-14/h4-9,12,24H,10-11H2,1-3H3,(H,21,26)(H,22,27)(H,23,25). The third-order valence-corrected chi connectivity index (χ3v) is 4.52. The summed E-state index contributed by atoms with van der Waals surface area (Å²) in [5.74, 6) is -0.596. The van der Waals surface area contributed by atoms with Crippen molar-refractivity contribution in [2.75, 3.05) is 36.5 Å². The van der Waals surface area contributed by atoms with Gasteiger partial charge in [-0.25, -0.2) is 8.42 Å². The van der Waals surface area contributed by atoms with Gasteiger partial charge in [-0.1, -0.05) is 0 Å². The number of ether oxygens (including phenoxy) is 1. The molecular weight excluding hydrogens is 424 g/mol. The first-order valence-electron chi connectivity index (χ1n) is 9.19. The van der Waals surface area contributed by atoms with Gasteiger partial charge in [0, 0.05) is 31.3 Å². The fourth-order valence-electron chi connectivity index (χ4n) is 2.59. The van der Waals surface area contributed by atoms with Crippen molar-refractivity contribution >= 4 is 39.1 Å². The Bertz CT molecular complexity index is 1070. The van der Waals surface area contributed by atoms with Gasteiger partial charge in [-0.2, -0.15) is 0 Å². The van der Waals surface area contributed by atoms with Crippen molar-refractivity contribution in [3.8, 4) is 5.75 Å². The van der Waals surface area contributed by atoms with Crippen LogP contribution < -0.4 is 25.4 Å². The Labute approximate surface area is 180 Å². The van der Waals surface area contributed by atoms with E-state index < -0.39 is 15.9 Å². The summed E-state index contributed by atoms with van der Waals surface area (Å²) in [6, 6.07) is 10.8. The molecule has 31 heavy (non-hydrogen) atoms. The Morgan fingerprint density at radius 1 is 0.935 bits per heavy atom. The molecule has 0 saturated heterocycles. The van der Waals surface area contributed by atoms with Crippen molar-refractivity contribution in [3.63, 3.8) is 0 Å². The molecule has 0 radical (unpaired) electrons. The minimum absolute atomic E-state index is 0.0261. The summed E-state index contributed by atoms with van der Waals surface area (Å²) in [4.78, 5) is 36.0. The van der Waals surface area contributed by atoms with Crippen LogP contribution in [-0.2, 0) is 14.8 Å². The average Bonchev–Trinajstić information content (AvgIpc) is 2.70. The summed E-state index contributed by atoms with van der Waals surface area (Å²) in [7, 11) is -2.10. The second-order valence-corrected chi connectivity index (χ2v) is 8.30. The van der Waals surface area contributed by atoms with Gasteiger partial charge in [0.25, 0.3) is 11.8 Å². The minimum atomic E-state index is -3.62. The Hall–Kier alpha value is -3.60. The molecule has 0 saturated carbocycles. The molecule has 0 fully saturated rings. The molecule has 0 aliphatic heterocycles. The SMILES string of the molecule is COc1ccc(C(=O)NCCNC(=O)c2cc(NC(C)=O)ccc2NS(C)(=O)=O)cc1. The van der Waals surface area contributed by atoms with Crippen LogP contribution in [0.2, 0.25) is 0 Å². The summed E-state index contributed by atoms with van der Waals surface area (Å²) >= 11 is 0. The summed E-state index contributed by atoms with van der Waals surface area (Å²) in [6.07, 6.45) is 0.963. The first kappa shape index (κ1) is 23.7. The van der Waals surface area contributed by atoms with Crippen LogP contribution in [0, 0.1) is 0 Å². The molecule has 2 rings (SSSR count). The number of benzene rings is 2. The van der Waals surface area contributed by atoms with E-state index in [0.717, 1.165) is 6.26 Å². The van der Waals surface area contributed by atoms with Crippen LogP contribution in [0.5, 0.6) is 5.75 Å². The molecule has 11 heteroatoms. The zero-order valence-corrected chi connectivity index (χ0v) is 18.1. The van der Waals surface area contributed by atoms with Gasteiger partial charge < -0.3 is 20.7 Å². The van der Waals surface area contributed by atoms with E-state index in [1.165, 1.54) is 32.2 Å². The van der Waals surface area contributed by atoms with Crippen molar-refractivity contribution < 1.29 is 27.5 Å². The van der Waals surface area contributed by atoms with Crippen LogP contribution in [-0.4, -0.2) is 52.6 Å². The second-order valence-electron chi connectivity index (χ2n) is 6.56. The number of carbonyl (C=O) groups is 3. The van der Waals surface area contributed by atoms with Crippen LogP contribution in [0.1, 0.15) is 27.6 Å². The van der Waals surface area contributed by atoms with Crippen LogP contribution in [0.3, 0.4) is 0 Å². The molecular formula is C20H24N4O6S. The monoisotopic (exact) mass is 448 g/mol. The van der Waals surface area contributed by atoms with E-state index in [0.29, 0.717) is 17.0 Å². The Morgan fingerprint density at radius 2 is 1.55 bits per heavy atom. The summed E-state index contributed by atoms with van der Waals surface area (Å²) in [5, 5.41) is 7.82. The van der Waals surface area contributed by atoms with Gasteiger partial charge in [0.1, 0.15) is 5.75 Å². The Kier molecular flexibility index (Phi) is 7.97. The zero-order valence-electron chi connectivity index (χ0n) is 17.3. The topological polar surface area (TPSA) is 143 Å². The number of anilines is 2. The number of hydrogen-bond donors (Lipinski definition) is 4. The summed E-state index contributed by atoms with van der Waals surface area (Å²) < 4.78 is 30.5. The van der Waals surface area contributed by atoms with Crippen LogP contribution in [0.4, 0.5) is 11.4 Å². The zero-order chi connectivity index (χ0) is 23.0. The van der Waals surface area contributed by atoms with Gasteiger partial charge in [0.15, 0.2) is 0 Å². The van der Waals surface area contributed by atoms with E-state index in [2.05, 4.69) is 20.7 Å². The maximum absolute atomic E-state index is 12.6. The van der Waals surface area contributed by atoms with E-state index in [4.69, 9.17) is 4.74 Å². The Morgan fingerprint density at radius 3 is 2.10 bits per heavy atom. The molecule has 0 aromatic heterocycles. The Balaban J connectivity index is 2.00. The van der Waals surface area contributed by atoms with Gasteiger partial charge >= 0.3 is 0 Å². The third kappa shape index (κ3) is 7.63. The van der Waals surface area contributed by atoms with Crippen molar-refractivity contribution in [1.82, 2.24) is 10.6 Å². The summed E-state index contributed by atoms with van der Waals surface area (Å²) in [5.41, 5.74) is 0.869. The van der Waals surface area contributed by atoms with E-state index in [1.54, 1.807) is 24.3 Å². The molecule has 0 bridgehead atoms. The van der Waals surface area contributed by atoms with Gasteiger partial charge in [-0.15, -0.1) is 0 Å². The first-order valence-corrected chi connectivity index (χ1v) is 11.1. The molecule has 4 N–H and O–H groups in total. The smallest absolute Gasteiger partial charge is 0.253 e. The maximum atomic E-state index is 12.6. The highest BCUT2D eigenvalue weighted by molar-refractivity contribution is 7.92. The molecule has 166 valence electrons. The van der Waals surface area contributed by atoms with Crippen LogP contribution in [0.25, 0.3) is 0 Å². The number of methoxy groups -OCH3 is 1. The second kappa shape index (κ2) is 10.4. The maximum Gasteiger partial charge on any atom is 0.253 e. The molecule has 2 aromatic carbocycles. The number of hydrogen-bond acceptors (Lipinski definition) is 6.